The van der Waals surface area contributed by atoms with Crippen LogP contribution in [0, 0.1) is 0 Å². The Kier molecular flexibility index (Phi) is 4.39. The van der Waals surface area contributed by atoms with Crippen molar-refractivity contribution in [2.45, 2.75) is 26.3 Å². The molecule has 0 unspecified atom stereocenters. The summed E-state index contributed by atoms with van der Waals surface area (Å²) in [6.45, 7) is 4.05. The average molecular weight is 229 g/mol. The molecule has 0 fully saturated rings. The molecule has 0 aliphatic rings. The van der Waals surface area contributed by atoms with Crippen LogP contribution < -0.4 is 5.32 Å². The van der Waals surface area contributed by atoms with E-state index >= 15 is 0 Å². The Balaban J connectivity index is 1.70. The van der Waals surface area contributed by atoms with Gasteiger partial charge >= 0.3 is 0 Å². The quantitative estimate of drug-likeness (QED) is 0.770. The van der Waals surface area contributed by atoms with Crippen molar-refractivity contribution in [1.82, 2.24) is 5.32 Å². The van der Waals surface area contributed by atoms with Crippen LogP contribution in [0.3, 0.4) is 0 Å². The fourth-order valence-electron chi connectivity index (χ4n) is 1.79. The second kappa shape index (κ2) is 6.26. The Morgan fingerprint density at radius 1 is 1.06 bits per heavy atom. The number of furan rings is 1. The van der Waals surface area contributed by atoms with Gasteiger partial charge in [0.1, 0.15) is 5.76 Å². The highest BCUT2D eigenvalue weighted by Crippen LogP contribution is 2.05. The standard InChI is InChI=1S/C15H19NO/c1-2-13-5-7-14(8-6-13)12-16-10-9-15-4-3-11-17-15/h3-8,11,16H,2,9-10,12H2,1H3. The summed E-state index contributed by atoms with van der Waals surface area (Å²) in [6.07, 6.45) is 3.77. The third-order valence-electron chi connectivity index (χ3n) is 2.89. The Morgan fingerprint density at radius 2 is 1.82 bits per heavy atom. The zero-order valence-corrected chi connectivity index (χ0v) is 10.3. The Bertz CT molecular complexity index is 417. The maximum Gasteiger partial charge on any atom is 0.105 e. The molecule has 2 heteroatoms. The summed E-state index contributed by atoms with van der Waals surface area (Å²) in [5.41, 5.74) is 2.73. The van der Waals surface area contributed by atoms with E-state index in [1.54, 1.807) is 6.26 Å². The molecule has 0 amide bonds. The molecule has 90 valence electrons. The van der Waals surface area contributed by atoms with Crippen LogP contribution in [-0.2, 0) is 19.4 Å². The number of nitrogens with one attached hydrogen (secondary N) is 1. The van der Waals surface area contributed by atoms with Gasteiger partial charge in [-0.15, -0.1) is 0 Å². The van der Waals surface area contributed by atoms with Gasteiger partial charge in [-0.3, -0.25) is 0 Å². The van der Waals surface area contributed by atoms with Crippen molar-refractivity contribution < 1.29 is 4.42 Å². The Morgan fingerprint density at radius 3 is 2.47 bits per heavy atom. The predicted octanol–water partition coefficient (Wildman–Crippen LogP) is 3.17. The van der Waals surface area contributed by atoms with Gasteiger partial charge in [-0.05, 0) is 29.7 Å². The number of hydrogen-bond donors (Lipinski definition) is 1. The highest BCUT2D eigenvalue weighted by atomic mass is 16.3. The highest BCUT2D eigenvalue weighted by Gasteiger charge is 1.96. The van der Waals surface area contributed by atoms with Gasteiger partial charge in [0.05, 0.1) is 6.26 Å². The van der Waals surface area contributed by atoms with E-state index in [1.165, 1.54) is 11.1 Å². The van der Waals surface area contributed by atoms with Crippen LogP contribution >= 0.6 is 0 Å². The molecule has 0 saturated heterocycles. The van der Waals surface area contributed by atoms with Crippen molar-refractivity contribution in [2.75, 3.05) is 6.54 Å². The normalized spacial score (nSPS) is 10.6. The number of hydrogen-bond acceptors (Lipinski definition) is 2. The van der Waals surface area contributed by atoms with Gasteiger partial charge in [-0.2, -0.15) is 0 Å². The molecule has 0 bridgehead atoms. The molecule has 2 nitrogen and oxygen atoms in total. The third-order valence-corrected chi connectivity index (χ3v) is 2.89. The SMILES string of the molecule is CCc1ccc(CNCCc2ccco2)cc1. The van der Waals surface area contributed by atoms with Gasteiger partial charge < -0.3 is 9.73 Å². The molecule has 1 N–H and O–H groups in total. The van der Waals surface area contributed by atoms with E-state index in [0.717, 1.165) is 31.7 Å². The monoisotopic (exact) mass is 229 g/mol. The second-order valence-electron chi connectivity index (χ2n) is 4.18. The largest absolute Gasteiger partial charge is 0.469 e. The Labute approximate surface area is 103 Å². The van der Waals surface area contributed by atoms with Crippen LogP contribution in [0.2, 0.25) is 0 Å². The van der Waals surface area contributed by atoms with Crippen LogP contribution in [0.1, 0.15) is 23.8 Å². The van der Waals surface area contributed by atoms with E-state index in [4.69, 9.17) is 4.42 Å². The van der Waals surface area contributed by atoms with Gasteiger partial charge in [0.15, 0.2) is 0 Å². The minimum atomic E-state index is 0.921. The van der Waals surface area contributed by atoms with Crippen molar-refractivity contribution in [3.63, 3.8) is 0 Å². The molecular weight excluding hydrogens is 210 g/mol. The lowest BCUT2D eigenvalue weighted by molar-refractivity contribution is 0.499. The van der Waals surface area contributed by atoms with Crippen LogP contribution in [0.25, 0.3) is 0 Å². The summed E-state index contributed by atoms with van der Waals surface area (Å²) in [5, 5.41) is 3.42. The first-order valence-electron chi connectivity index (χ1n) is 6.19. The number of benzene rings is 1. The molecule has 17 heavy (non-hydrogen) atoms. The average Bonchev–Trinajstić information content (AvgIpc) is 2.88. The lowest BCUT2D eigenvalue weighted by atomic mass is 10.1. The first kappa shape index (κ1) is 11.9. The molecule has 1 aromatic heterocycles. The summed E-state index contributed by atoms with van der Waals surface area (Å²) < 4.78 is 5.28. The second-order valence-corrected chi connectivity index (χ2v) is 4.18. The van der Waals surface area contributed by atoms with Gasteiger partial charge in [0, 0.05) is 19.5 Å². The molecule has 1 heterocycles. The minimum absolute atomic E-state index is 0.921. The lowest BCUT2D eigenvalue weighted by Gasteiger charge is -2.04. The summed E-state index contributed by atoms with van der Waals surface area (Å²) in [5.74, 6) is 1.04. The zero-order valence-electron chi connectivity index (χ0n) is 10.3. The smallest absolute Gasteiger partial charge is 0.105 e. The van der Waals surface area contributed by atoms with Crippen molar-refractivity contribution in [3.05, 3.63) is 59.5 Å². The minimum Gasteiger partial charge on any atom is -0.469 e. The van der Waals surface area contributed by atoms with Crippen molar-refractivity contribution in [1.29, 1.82) is 0 Å². The summed E-state index contributed by atoms with van der Waals surface area (Å²) in [4.78, 5) is 0. The van der Waals surface area contributed by atoms with E-state index in [2.05, 4.69) is 36.5 Å². The molecule has 0 radical (unpaired) electrons. The van der Waals surface area contributed by atoms with E-state index in [1.807, 2.05) is 12.1 Å². The van der Waals surface area contributed by atoms with Gasteiger partial charge in [-0.1, -0.05) is 31.2 Å². The fraction of sp³-hybridized carbons (Fsp3) is 0.333. The number of aryl methyl sites for hydroxylation is 1. The van der Waals surface area contributed by atoms with Gasteiger partial charge in [0.25, 0.3) is 0 Å². The highest BCUT2D eigenvalue weighted by molar-refractivity contribution is 5.22. The van der Waals surface area contributed by atoms with Gasteiger partial charge in [0.2, 0.25) is 0 Å². The summed E-state index contributed by atoms with van der Waals surface area (Å²) in [6, 6.07) is 12.7. The molecule has 0 aliphatic carbocycles. The predicted molar refractivity (Wildman–Crippen MR) is 69.9 cm³/mol. The van der Waals surface area contributed by atoms with Crippen LogP contribution in [-0.4, -0.2) is 6.54 Å². The van der Waals surface area contributed by atoms with Crippen molar-refractivity contribution >= 4 is 0 Å². The summed E-state index contributed by atoms with van der Waals surface area (Å²) >= 11 is 0. The zero-order chi connectivity index (χ0) is 11.9. The fourth-order valence-corrected chi connectivity index (χ4v) is 1.79. The molecule has 0 atom stereocenters. The van der Waals surface area contributed by atoms with E-state index in [0.29, 0.717) is 0 Å². The van der Waals surface area contributed by atoms with Crippen LogP contribution in [0.5, 0.6) is 0 Å². The van der Waals surface area contributed by atoms with Gasteiger partial charge in [-0.25, -0.2) is 0 Å². The molecule has 2 rings (SSSR count). The van der Waals surface area contributed by atoms with E-state index in [9.17, 15) is 0 Å². The van der Waals surface area contributed by atoms with Crippen LogP contribution in [0.4, 0.5) is 0 Å². The lowest BCUT2D eigenvalue weighted by Crippen LogP contribution is -2.16. The molecular formula is C15H19NO. The van der Waals surface area contributed by atoms with Crippen molar-refractivity contribution in [2.24, 2.45) is 0 Å². The summed E-state index contributed by atoms with van der Waals surface area (Å²) in [7, 11) is 0. The first-order chi connectivity index (χ1) is 8.38. The first-order valence-corrected chi connectivity index (χ1v) is 6.19. The Hall–Kier alpha value is -1.54. The maximum absolute atomic E-state index is 5.28. The molecule has 2 aromatic rings. The maximum atomic E-state index is 5.28. The molecule has 1 aromatic carbocycles. The van der Waals surface area contributed by atoms with E-state index in [-0.39, 0.29) is 0 Å². The molecule has 0 aliphatic heterocycles. The molecule has 0 spiro atoms. The topological polar surface area (TPSA) is 25.2 Å². The van der Waals surface area contributed by atoms with E-state index < -0.39 is 0 Å². The third kappa shape index (κ3) is 3.75. The van der Waals surface area contributed by atoms with Crippen LogP contribution in [0.15, 0.2) is 47.1 Å². The molecule has 0 saturated carbocycles. The number of rotatable bonds is 6. The van der Waals surface area contributed by atoms with Crippen molar-refractivity contribution in [3.8, 4) is 0 Å².